The van der Waals surface area contributed by atoms with Crippen molar-refractivity contribution in [1.82, 2.24) is 0 Å². The Morgan fingerprint density at radius 1 is 0.154 bits per heavy atom. The quantitative estimate of drug-likeness (QED) is 0.161. The van der Waals surface area contributed by atoms with Crippen molar-refractivity contribution in [2.75, 3.05) is 0 Å². The molecule has 0 heterocycles. The zero-order valence-electron chi connectivity index (χ0n) is 28.6. The third kappa shape index (κ3) is 4.92. The monoisotopic (exact) mass is 658 g/mol. The SMILES string of the molecule is c1ccc(-c2c3ccccc3c(-c3cccc(-c4cccc(-c5c6ccccc6c(-c6ccccc6)c6ccccc56)c4)c3)c3ccccc23)cc1. The normalized spacial score (nSPS) is 11.5. The number of benzene rings is 10. The van der Waals surface area contributed by atoms with E-state index in [1.807, 2.05) is 0 Å². The van der Waals surface area contributed by atoms with Crippen LogP contribution in [0.4, 0.5) is 0 Å². The Hall–Kier alpha value is -6.76. The second kappa shape index (κ2) is 12.5. The maximum Gasteiger partial charge on any atom is -0.00262 e. The van der Waals surface area contributed by atoms with Gasteiger partial charge in [-0.05, 0) is 111 Å². The number of hydrogen-bond donors (Lipinski definition) is 0. The van der Waals surface area contributed by atoms with Crippen LogP contribution in [0.5, 0.6) is 0 Å². The lowest BCUT2D eigenvalue weighted by molar-refractivity contribution is 1.60. The first-order valence-electron chi connectivity index (χ1n) is 18.0. The molecule has 0 atom stereocenters. The smallest absolute Gasteiger partial charge is 0.00262 e. The summed E-state index contributed by atoms with van der Waals surface area (Å²) in [7, 11) is 0. The first-order chi connectivity index (χ1) is 25.8. The molecule has 10 rings (SSSR count). The van der Waals surface area contributed by atoms with E-state index in [1.54, 1.807) is 0 Å². The van der Waals surface area contributed by atoms with Gasteiger partial charge in [-0.15, -0.1) is 0 Å². The molecule has 10 aromatic carbocycles. The summed E-state index contributed by atoms with van der Waals surface area (Å²) < 4.78 is 0. The van der Waals surface area contributed by atoms with Crippen LogP contribution in [0.2, 0.25) is 0 Å². The fourth-order valence-electron chi connectivity index (χ4n) is 8.42. The maximum absolute atomic E-state index is 2.38. The molecule has 0 aliphatic carbocycles. The Kier molecular flexibility index (Phi) is 7.25. The average Bonchev–Trinajstić information content (AvgIpc) is 3.22. The summed E-state index contributed by atoms with van der Waals surface area (Å²) in [5.41, 5.74) is 12.5. The van der Waals surface area contributed by atoms with E-state index in [0.29, 0.717) is 0 Å². The molecule has 0 radical (unpaired) electrons. The Bertz CT molecular complexity index is 2620. The average molecular weight is 659 g/mol. The van der Waals surface area contributed by atoms with Crippen LogP contribution in [-0.2, 0) is 0 Å². The topological polar surface area (TPSA) is 0 Å². The number of rotatable bonds is 5. The van der Waals surface area contributed by atoms with Crippen LogP contribution >= 0.6 is 0 Å². The van der Waals surface area contributed by atoms with Gasteiger partial charge >= 0.3 is 0 Å². The summed E-state index contributed by atoms with van der Waals surface area (Å²) in [4.78, 5) is 0. The van der Waals surface area contributed by atoms with E-state index in [0.717, 1.165) is 0 Å². The van der Waals surface area contributed by atoms with E-state index in [9.17, 15) is 0 Å². The van der Waals surface area contributed by atoms with Crippen molar-refractivity contribution in [2.45, 2.75) is 0 Å². The van der Waals surface area contributed by atoms with Crippen LogP contribution in [-0.4, -0.2) is 0 Å². The Labute approximate surface area is 303 Å². The fourth-order valence-corrected chi connectivity index (χ4v) is 8.42. The van der Waals surface area contributed by atoms with Crippen molar-refractivity contribution in [2.24, 2.45) is 0 Å². The molecule has 10 aromatic rings. The van der Waals surface area contributed by atoms with Crippen LogP contribution < -0.4 is 0 Å². The van der Waals surface area contributed by atoms with E-state index in [-0.39, 0.29) is 0 Å². The van der Waals surface area contributed by atoms with Crippen molar-refractivity contribution in [3.63, 3.8) is 0 Å². The third-order valence-electron chi connectivity index (χ3n) is 10.6. The first kappa shape index (κ1) is 30.1. The molecule has 0 heteroatoms. The minimum Gasteiger partial charge on any atom is -0.0622 e. The zero-order chi connectivity index (χ0) is 34.4. The molecule has 0 spiro atoms. The molecular formula is C52H34. The van der Waals surface area contributed by atoms with Crippen molar-refractivity contribution in [1.29, 1.82) is 0 Å². The summed E-state index contributed by atoms with van der Waals surface area (Å²) in [6, 6.07) is 75.4. The van der Waals surface area contributed by atoms with Gasteiger partial charge in [0.1, 0.15) is 0 Å². The van der Waals surface area contributed by atoms with Gasteiger partial charge in [0.25, 0.3) is 0 Å². The molecule has 0 unspecified atom stereocenters. The number of hydrogen-bond acceptors (Lipinski definition) is 0. The Morgan fingerprint density at radius 2 is 0.365 bits per heavy atom. The van der Waals surface area contributed by atoms with Crippen molar-refractivity contribution in [3.05, 3.63) is 206 Å². The molecule has 0 saturated carbocycles. The summed E-state index contributed by atoms with van der Waals surface area (Å²) in [5, 5.41) is 10.1. The molecule has 0 N–H and O–H groups in total. The summed E-state index contributed by atoms with van der Waals surface area (Å²) in [6.45, 7) is 0. The Balaban J connectivity index is 1.17. The van der Waals surface area contributed by atoms with Crippen molar-refractivity contribution in [3.8, 4) is 55.6 Å². The predicted molar refractivity (Wildman–Crippen MR) is 224 cm³/mol. The first-order valence-corrected chi connectivity index (χ1v) is 18.0. The van der Waals surface area contributed by atoms with E-state index in [2.05, 4.69) is 206 Å². The van der Waals surface area contributed by atoms with E-state index in [4.69, 9.17) is 0 Å². The van der Waals surface area contributed by atoms with E-state index >= 15 is 0 Å². The van der Waals surface area contributed by atoms with Crippen LogP contribution in [0, 0.1) is 0 Å². The van der Waals surface area contributed by atoms with Gasteiger partial charge in [0.2, 0.25) is 0 Å². The van der Waals surface area contributed by atoms with Crippen LogP contribution in [0.25, 0.3) is 98.7 Å². The molecule has 0 fully saturated rings. The molecule has 0 bridgehead atoms. The Morgan fingerprint density at radius 3 is 0.654 bits per heavy atom. The minimum absolute atomic E-state index is 1.20. The summed E-state index contributed by atoms with van der Waals surface area (Å²) in [6.07, 6.45) is 0. The fraction of sp³-hybridized carbons (Fsp3) is 0. The standard InChI is InChI=1S/C52H34/c1-3-17-35(18-4-1)49-41-25-7-11-29-45(41)51(46-30-12-8-26-42(46)49)39-23-15-21-37(33-39)38-22-16-24-40(34-38)52-47-31-13-9-27-43(47)50(36-19-5-2-6-20-36)44-28-10-14-32-48(44)52/h1-34H. The molecular weight excluding hydrogens is 625 g/mol. The highest BCUT2D eigenvalue weighted by Crippen LogP contribution is 2.46. The molecule has 52 heavy (non-hydrogen) atoms. The maximum atomic E-state index is 2.38. The molecule has 0 aliphatic rings. The molecule has 0 aliphatic heterocycles. The zero-order valence-corrected chi connectivity index (χ0v) is 28.6. The highest BCUT2D eigenvalue weighted by molar-refractivity contribution is 6.23. The van der Waals surface area contributed by atoms with Crippen LogP contribution in [0.1, 0.15) is 0 Å². The third-order valence-corrected chi connectivity index (χ3v) is 10.6. The van der Waals surface area contributed by atoms with Gasteiger partial charge in [-0.1, -0.05) is 194 Å². The second-order valence-electron chi connectivity index (χ2n) is 13.6. The van der Waals surface area contributed by atoms with Gasteiger partial charge in [0, 0.05) is 0 Å². The van der Waals surface area contributed by atoms with Crippen molar-refractivity contribution >= 4 is 43.1 Å². The summed E-state index contributed by atoms with van der Waals surface area (Å²) in [5.74, 6) is 0. The van der Waals surface area contributed by atoms with Crippen LogP contribution in [0.3, 0.4) is 0 Å². The molecule has 0 saturated heterocycles. The van der Waals surface area contributed by atoms with Gasteiger partial charge < -0.3 is 0 Å². The van der Waals surface area contributed by atoms with Gasteiger partial charge in [0.15, 0.2) is 0 Å². The lowest BCUT2D eigenvalue weighted by atomic mass is 9.84. The summed E-state index contributed by atoms with van der Waals surface area (Å²) >= 11 is 0. The van der Waals surface area contributed by atoms with Gasteiger partial charge in [-0.25, -0.2) is 0 Å². The predicted octanol–water partition coefficient (Wildman–Crippen LogP) is 14.6. The van der Waals surface area contributed by atoms with Gasteiger partial charge in [0.05, 0.1) is 0 Å². The number of fused-ring (bicyclic) bond motifs is 4. The van der Waals surface area contributed by atoms with Crippen LogP contribution in [0.15, 0.2) is 206 Å². The molecule has 0 amide bonds. The van der Waals surface area contributed by atoms with Gasteiger partial charge in [-0.2, -0.15) is 0 Å². The van der Waals surface area contributed by atoms with E-state index < -0.39 is 0 Å². The largest absolute Gasteiger partial charge is 0.0622 e. The highest BCUT2D eigenvalue weighted by atomic mass is 14.2. The minimum atomic E-state index is 1.20. The molecule has 0 aromatic heterocycles. The molecule has 242 valence electrons. The van der Waals surface area contributed by atoms with E-state index in [1.165, 1.54) is 98.7 Å². The molecule has 0 nitrogen and oxygen atoms in total. The lowest BCUT2D eigenvalue weighted by Gasteiger charge is -2.19. The van der Waals surface area contributed by atoms with Gasteiger partial charge in [-0.3, -0.25) is 0 Å². The van der Waals surface area contributed by atoms with Crippen molar-refractivity contribution < 1.29 is 0 Å². The lowest BCUT2D eigenvalue weighted by Crippen LogP contribution is -1.92. The second-order valence-corrected chi connectivity index (χ2v) is 13.6. The highest BCUT2D eigenvalue weighted by Gasteiger charge is 2.19.